The van der Waals surface area contributed by atoms with Gasteiger partial charge in [-0.3, -0.25) is 9.36 Å². The maximum atomic E-state index is 12.5. The number of rotatable bonds is 5. The highest BCUT2D eigenvalue weighted by Crippen LogP contribution is 2.23. The van der Waals surface area contributed by atoms with Crippen LogP contribution < -0.4 is 10.3 Å². The van der Waals surface area contributed by atoms with E-state index in [2.05, 4.69) is 4.98 Å². The molecule has 1 atom stereocenters. The van der Waals surface area contributed by atoms with Gasteiger partial charge in [0.15, 0.2) is 0 Å². The lowest BCUT2D eigenvalue weighted by Crippen LogP contribution is -2.30. The van der Waals surface area contributed by atoms with Gasteiger partial charge in [0.1, 0.15) is 18.5 Å². The summed E-state index contributed by atoms with van der Waals surface area (Å²) in [6, 6.07) is 12.2. The molecule has 0 aliphatic rings. The predicted octanol–water partition coefficient (Wildman–Crippen LogP) is 3.14. The van der Waals surface area contributed by atoms with E-state index in [1.807, 2.05) is 18.2 Å². The first kappa shape index (κ1) is 16.8. The number of fused-ring (bicyclic) bond motifs is 1. The van der Waals surface area contributed by atoms with Gasteiger partial charge in [-0.2, -0.15) is 0 Å². The molecule has 124 valence electrons. The lowest BCUT2D eigenvalue weighted by atomic mass is 10.2. The van der Waals surface area contributed by atoms with Gasteiger partial charge < -0.3 is 9.84 Å². The molecule has 0 saturated carbocycles. The minimum Gasteiger partial charge on any atom is -0.491 e. The van der Waals surface area contributed by atoms with Crippen molar-refractivity contribution in [3.63, 3.8) is 0 Å². The van der Waals surface area contributed by atoms with Gasteiger partial charge in [-0.15, -0.1) is 0 Å². The molecule has 0 bridgehead atoms. The third-order valence-corrected chi connectivity index (χ3v) is 3.95. The van der Waals surface area contributed by atoms with Crippen molar-refractivity contribution in [1.82, 2.24) is 9.55 Å². The highest BCUT2D eigenvalue weighted by Gasteiger charge is 2.12. The summed E-state index contributed by atoms with van der Waals surface area (Å²) in [5, 5.41) is 11.1. The molecule has 0 fully saturated rings. The van der Waals surface area contributed by atoms with Crippen molar-refractivity contribution in [2.75, 3.05) is 6.61 Å². The molecule has 3 rings (SSSR count). The predicted molar refractivity (Wildman–Crippen MR) is 94.0 cm³/mol. The Morgan fingerprint density at radius 2 is 1.96 bits per heavy atom. The molecule has 1 N–H and O–H groups in total. The van der Waals surface area contributed by atoms with Gasteiger partial charge in [-0.1, -0.05) is 41.4 Å². The molecule has 3 aromatic rings. The molecule has 7 heteroatoms. The Bertz CT molecular complexity index is 913. The smallest absolute Gasteiger partial charge is 0.261 e. The number of ether oxygens (including phenoxy) is 1. The highest BCUT2D eigenvalue weighted by molar-refractivity contribution is 6.38. The van der Waals surface area contributed by atoms with Crippen LogP contribution in [0.1, 0.15) is 0 Å². The zero-order chi connectivity index (χ0) is 17.1. The number of nitrogens with zero attached hydrogens (tertiary/aromatic N) is 2. The number of aliphatic hydroxyl groups excluding tert-OH is 1. The number of hydrogen-bond donors (Lipinski definition) is 1. The SMILES string of the molecule is O=c1c2cc(Cl)cc(Cl)c2ncn1CC(O)COc1ccccc1. The largest absolute Gasteiger partial charge is 0.491 e. The van der Waals surface area contributed by atoms with Crippen LogP contribution in [0, 0.1) is 0 Å². The molecule has 0 aliphatic heterocycles. The maximum absolute atomic E-state index is 12.5. The van der Waals surface area contributed by atoms with Crippen LogP contribution in [0.25, 0.3) is 10.9 Å². The molecular formula is C17H14Cl2N2O3. The van der Waals surface area contributed by atoms with Crippen LogP contribution in [0.2, 0.25) is 10.0 Å². The molecule has 1 heterocycles. The quantitative estimate of drug-likeness (QED) is 0.755. The van der Waals surface area contributed by atoms with Crippen molar-refractivity contribution in [3.05, 3.63) is 69.2 Å². The molecule has 0 spiro atoms. The molecule has 0 amide bonds. The van der Waals surface area contributed by atoms with Crippen molar-refractivity contribution in [2.24, 2.45) is 0 Å². The molecule has 0 saturated heterocycles. The summed E-state index contributed by atoms with van der Waals surface area (Å²) in [7, 11) is 0. The van der Waals surface area contributed by atoms with E-state index in [1.165, 1.54) is 23.0 Å². The van der Waals surface area contributed by atoms with Gasteiger partial charge in [0.25, 0.3) is 5.56 Å². The van der Waals surface area contributed by atoms with Crippen molar-refractivity contribution >= 4 is 34.1 Å². The second-order valence-corrected chi connectivity index (χ2v) is 6.11. The van der Waals surface area contributed by atoms with Crippen LogP contribution >= 0.6 is 23.2 Å². The Balaban J connectivity index is 1.77. The van der Waals surface area contributed by atoms with Gasteiger partial charge in [0, 0.05) is 5.02 Å². The van der Waals surface area contributed by atoms with E-state index in [1.54, 1.807) is 12.1 Å². The molecule has 2 aromatic carbocycles. The van der Waals surface area contributed by atoms with Crippen LogP contribution in [0.5, 0.6) is 5.75 Å². The molecular weight excluding hydrogens is 351 g/mol. The van der Waals surface area contributed by atoms with Gasteiger partial charge in [-0.05, 0) is 24.3 Å². The normalized spacial score (nSPS) is 12.3. The number of hydrogen-bond acceptors (Lipinski definition) is 4. The van der Waals surface area contributed by atoms with E-state index in [-0.39, 0.29) is 18.7 Å². The summed E-state index contributed by atoms with van der Waals surface area (Å²) >= 11 is 12.0. The van der Waals surface area contributed by atoms with Gasteiger partial charge in [0.2, 0.25) is 0 Å². The topological polar surface area (TPSA) is 64.4 Å². The Hall–Kier alpha value is -2.08. The van der Waals surface area contributed by atoms with E-state index in [0.717, 1.165) is 0 Å². The Kier molecular flexibility index (Phi) is 5.04. The van der Waals surface area contributed by atoms with Crippen molar-refractivity contribution < 1.29 is 9.84 Å². The zero-order valence-electron chi connectivity index (χ0n) is 12.5. The van der Waals surface area contributed by atoms with Crippen molar-refractivity contribution in [2.45, 2.75) is 12.6 Å². The number of para-hydroxylation sites is 1. The Morgan fingerprint density at radius 3 is 2.71 bits per heavy atom. The highest BCUT2D eigenvalue weighted by atomic mass is 35.5. The van der Waals surface area contributed by atoms with Gasteiger partial charge >= 0.3 is 0 Å². The van der Waals surface area contributed by atoms with Gasteiger partial charge in [-0.25, -0.2) is 4.98 Å². The van der Waals surface area contributed by atoms with Gasteiger partial charge in [0.05, 0.1) is 28.8 Å². The number of halogens is 2. The second-order valence-electron chi connectivity index (χ2n) is 5.26. The monoisotopic (exact) mass is 364 g/mol. The van der Waals surface area contributed by atoms with Crippen LogP contribution in [-0.2, 0) is 6.54 Å². The molecule has 1 unspecified atom stereocenters. The first-order chi connectivity index (χ1) is 11.5. The lowest BCUT2D eigenvalue weighted by molar-refractivity contribution is 0.0915. The average molecular weight is 365 g/mol. The third kappa shape index (κ3) is 3.70. The Morgan fingerprint density at radius 1 is 1.21 bits per heavy atom. The first-order valence-corrected chi connectivity index (χ1v) is 8.00. The van der Waals surface area contributed by atoms with Crippen LogP contribution in [0.15, 0.2) is 53.6 Å². The fourth-order valence-electron chi connectivity index (χ4n) is 2.31. The summed E-state index contributed by atoms with van der Waals surface area (Å²) in [5.74, 6) is 0.652. The maximum Gasteiger partial charge on any atom is 0.261 e. The minimum absolute atomic E-state index is 0.0543. The number of aliphatic hydroxyl groups is 1. The summed E-state index contributed by atoms with van der Waals surface area (Å²) in [5.41, 5.74) is 0.0699. The van der Waals surface area contributed by atoms with E-state index >= 15 is 0 Å². The molecule has 0 aliphatic carbocycles. The summed E-state index contributed by atoms with van der Waals surface area (Å²) in [6.45, 7) is 0.115. The van der Waals surface area contributed by atoms with Crippen LogP contribution in [0.4, 0.5) is 0 Å². The third-order valence-electron chi connectivity index (χ3n) is 3.44. The first-order valence-electron chi connectivity index (χ1n) is 7.24. The summed E-state index contributed by atoms with van der Waals surface area (Å²) in [4.78, 5) is 16.7. The Labute approximate surface area is 148 Å². The number of benzene rings is 2. The minimum atomic E-state index is -0.864. The van der Waals surface area contributed by atoms with Crippen molar-refractivity contribution in [3.8, 4) is 5.75 Å². The molecule has 1 aromatic heterocycles. The average Bonchev–Trinajstić information content (AvgIpc) is 2.57. The fraction of sp³-hybridized carbons (Fsp3) is 0.176. The number of aromatic nitrogens is 2. The fourth-order valence-corrected chi connectivity index (χ4v) is 2.86. The second kappa shape index (κ2) is 7.21. The summed E-state index contributed by atoms with van der Waals surface area (Å²) in [6.07, 6.45) is 0.493. The van der Waals surface area contributed by atoms with E-state index < -0.39 is 6.10 Å². The van der Waals surface area contributed by atoms with Crippen LogP contribution in [-0.4, -0.2) is 27.4 Å². The molecule has 5 nitrogen and oxygen atoms in total. The van der Waals surface area contributed by atoms with Crippen LogP contribution in [0.3, 0.4) is 0 Å². The molecule has 0 radical (unpaired) electrons. The van der Waals surface area contributed by atoms with E-state index in [9.17, 15) is 9.90 Å². The standard InChI is InChI=1S/C17H14Cl2N2O3/c18-11-6-14-16(15(19)7-11)20-10-21(17(14)23)8-12(22)9-24-13-4-2-1-3-5-13/h1-7,10,12,22H,8-9H2. The summed E-state index contributed by atoms with van der Waals surface area (Å²) < 4.78 is 6.79. The van der Waals surface area contributed by atoms with Crippen molar-refractivity contribution in [1.29, 1.82) is 0 Å². The zero-order valence-corrected chi connectivity index (χ0v) is 14.0. The van der Waals surface area contributed by atoms with E-state index in [0.29, 0.717) is 26.7 Å². The molecule has 24 heavy (non-hydrogen) atoms. The lowest BCUT2D eigenvalue weighted by Gasteiger charge is -2.14. The van der Waals surface area contributed by atoms with E-state index in [4.69, 9.17) is 27.9 Å².